The van der Waals surface area contributed by atoms with Gasteiger partial charge in [-0.15, -0.1) is 11.3 Å². The summed E-state index contributed by atoms with van der Waals surface area (Å²) in [6.07, 6.45) is 4.84. The number of morpholine rings is 1. The van der Waals surface area contributed by atoms with Crippen LogP contribution in [0.3, 0.4) is 0 Å². The average Bonchev–Trinajstić information content (AvgIpc) is 3.25. The molecule has 0 radical (unpaired) electrons. The Morgan fingerprint density at radius 1 is 1.30 bits per heavy atom. The van der Waals surface area contributed by atoms with Crippen molar-refractivity contribution in [2.45, 2.75) is 32.9 Å². The highest BCUT2D eigenvalue weighted by Crippen LogP contribution is 2.33. The second kappa shape index (κ2) is 10.3. The molecule has 10 heteroatoms. The van der Waals surface area contributed by atoms with E-state index in [0.717, 1.165) is 17.0 Å². The molecule has 0 saturated carbocycles. The summed E-state index contributed by atoms with van der Waals surface area (Å²) >= 11 is 1.35. The third-order valence-electron chi connectivity index (χ3n) is 5.23. The quantitative estimate of drug-likeness (QED) is 0.546. The normalized spacial score (nSPS) is 16.9. The van der Waals surface area contributed by atoms with Crippen LogP contribution in [0.5, 0.6) is 5.75 Å². The number of carbonyl (C=O) groups is 1. The Bertz CT molecular complexity index is 1120. The van der Waals surface area contributed by atoms with Crippen LogP contribution in [0.2, 0.25) is 0 Å². The van der Waals surface area contributed by atoms with Crippen molar-refractivity contribution in [1.82, 2.24) is 25.6 Å². The zero-order chi connectivity index (χ0) is 23.4. The maximum Gasteiger partial charge on any atom is 0.254 e. The number of benzene rings is 1. The van der Waals surface area contributed by atoms with Gasteiger partial charge < -0.3 is 20.1 Å². The van der Waals surface area contributed by atoms with Crippen molar-refractivity contribution in [3.63, 3.8) is 0 Å². The van der Waals surface area contributed by atoms with Gasteiger partial charge in [0.1, 0.15) is 35.1 Å². The van der Waals surface area contributed by atoms with Gasteiger partial charge in [0.15, 0.2) is 0 Å². The number of nitrogens with one attached hydrogen (secondary N) is 2. The summed E-state index contributed by atoms with van der Waals surface area (Å²) in [5.41, 5.74) is 0.835. The first-order valence-electron chi connectivity index (χ1n) is 10.7. The van der Waals surface area contributed by atoms with Crippen LogP contribution in [0.25, 0.3) is 10.6 Å². The van der Waals surface area contributed by atoms with E-state index in [4.69, 9.17) is 9.47 Å². The van der Waals surface area contributed by atoms with Crippen molar-refractivity contribution in [3.05, 3.63) is 58.4 Å². The number of aryl methyl sites for hydroxylation is 2. The Morgan fingerprint density at radius 2 is 2.09 bits per heavy atom. The molecule has 1 saturated heterocycles. The molecule has 1 unspecified atom stereocenters. The predicted molar refractivity (Wildman–Crippen MR) is 123 cm³/mol. The van der Waals surface area contributed by atoms with Gasteiger partial charge in [0.05, 0.1) is 23.8 Å². The van der Waals surface area contributed by atoms with Gasteiger partial charge in [-0.05, 0) is 32.9 Å². The summed E-state index contributed by atoms with van der Waals surface area (Å²) in [6.45, 7) is 7.83. The van der Waals surface area contributed by atoms with Crippen LogP contribution in [-0.4, -0.2) is 53.3 Å². The van der Waals surface area contributed by atoms with Crippen molar-refractivity contribution in [2.24, 2.45) is 0 Å². The second-order valence-electron chi connectivity index (χ2n) is 7.88. The Kier molecular flexibility index (Phi) is 7.26. The van der Waals surface area contributed by atoms with Crippen LogP contribution in [0, 0.1) is 19.7 Å². The van der Waals surface area contributed by atoms with Gasteiger partial charge in [-0.3, -0.25) is 4.79 Å². The monoisotopic (exact) mass is 471 g/mol. The van der Waals surface area contributed by atoms with Gasteiger partial charge in [0, 0.05) is 42.1 Å². The van der Waals surface area contributed by atoms with Crippen LogP contribution in [0.1, 0.15) is 39.6 Å². The van der Waals surface area contributed by atoms with E-state index in [1.165, 1.54) is 17.4 Å². The molecule has 2 N–H and O–H groups in total. The minimum Gasteiger partial charge on any atom is -0.491 e. The molecule has 1 fully saturated rings. The molecule has 2 aromatic heterocycles. The molecule has 1 amide bonds. The SMILES string of the molecule is Cc1ncc(C(C)NC(=O)c2cc(OC[C@H]3CNCCO3)cc(-c3ncc(C)s3)c2F)cn1. The van der Waals surface area contributed by atoms with Crippen LogP contribution in [-0.2, 0) is 4.74 Å². The van der Waals surface area contributed by atoms with Gasteiger partial charge in [-0.1, -0.05) is 0 Å². The first-order valence-corrected chi connectivity index (χ1v) is 11.5. The van der Waals surface area contributed by atoms with E-state index in [1.54, 1.807) is 38.5 Å². The summed E-state index contributed by atoms with van der Waals surface area (Å²) in [5.74, 6) is -0.188. The highest BCUT2D eigenvalue weighted by molar-refractivity contribution is 7.14. The van der Waals surface area contributed by atoms with Crippen LogP contribution in [0.15, 0.2) is 30.7 Å². The van der Waals surface area contributed by atoms with E-state index in [9.17, 15) is 4.79 Å². The van der Waals surface area contributed by atoms with Crippen molar-refractivity contribution in [2.75, 3.05) is 26.3 Å². The number of aromatic nitrogens is 3. The smallest absolute Gasteiger partial charge is 0.254 e. The predicted octanol–water partition coefficient (Wildman–Crippen LogP) is 3.21. The average molecular weight is 472 g/mol. The third-order valence-corrected chi connectivity index (χ3v) is 6.18. The largest absolute Gasteiger partial charge is 0.491 e. The Labute approximate surface area is 195 Å². The molecule has 3 heterocycles. The summed E-state index contributed by atoms with van der Waals surface area (Å²) < 4.78 is 27.1. The fourth-order valence-corrected chi connectivity index (χ4v) is 4.16. The summed E-state index contributed by atoms with van der Waals surface area (Å²) in [7, 11) is 0. The van der Waals surface area contributed by atoms with Crippen LogP contribution >= 0.6 is 11.3 Å². The summed E-state index contributed by atoms with van der Waals surface area (Å²) in [5, 5.41) is 6.55. The first-order chi connectivity index (χ1) is 15.9. The number of halogens is 1. The zero-order valence-electron chi connectivity index (χ0n) is 18.7. The third kappa shape index (κ3) is 5.70. The van der Waals surface area contributed by atoms with E-state index in [1.807, 2.05) is 6.92 Å². The van der Waals surface area contributed by atoms with Crippen molar-refractivity contribution >= 4 is 17.2 Å². The lowest BCUT2D eigenvalue weighted by Crippen LogP contribution is -2.41. The van der Waals surface area contributed by atoms with Gasteiger partial charge in [-0.25, -0.2) is 19.3 Å². The number of thiazole rings is 1. The molecule has 3 aromatic rings. The Balaban J connectivity index is 1.60. The standard InChI is InChI=1S/C23H26FN5O3S/c1-13-8-28-23(33-13)20-7-17(32-12-18-11-25-4-5-31-18)6-19(21(20)24)22(30)29-14(2)16-9-26-15(3)27-10-16/h6-10,14,18,25H,4-5,11-12H2,1-3H3,(H,29,30)/t14?,18-/m1/s1. The van der Waals surface area contributed by atoms with Crippen molar-refractivity contribution in [3.8, 4) is 16.3 Å². The molecular formula is C23H26FN5O3S. The number of rotatable bonds is 7. The fourth-order valence-electron chi connectivity index (χ4n) is 3.38. The highest BCUT2D eigenvalue weighted by atomic mass is 32.1. The second-order valence-corrected chi connectivity index (χ2v) is 9.11. The molecular weight excluding hydrogens is 445 g/mol. The van der Waals surface area contributed by atoms with E-state index in [2.05, 4.69) is 25.6 Å². The fraction of sp³-hybridized carbons (Fsp3) is 0.391. The molecule has 0 spiro atoms. The van der Waals surface area contributed by atoms with Crippen LogP contribution in [0.4, 0.5) is 4.39 Å². The van der Waals surface area contributed by atoms with Gasteiger partial charge in [0.25, 0.3) is 5.91 Å². The Hall–Kier alpha value is -2.95. The molecule has 33 heavy (non-hydrogen) atoms. The number of amides is 1. The maximum absolute atomic E-state index is 15.5. The van der Waals surface area contributed by atoms with Gasteiger partial charge in [-0.2, -0.15) is 0 Å². The molecule has 0 aliphatic carbocycles. The molecule has 1 aromatic carbocycles. The Morgan fingerprint density at radius 3 is 2.76 bits per heavy atom. The van der Waals surface area contributed by atoms with Crippen LogP contribution < -0.4 is 15.4 Å². The summed E-state index contributed by atoms with van der Waals surface area (Å²) in [6, 6.07) is 2.59. The van der Waals surface area contributed by atoms with Crippen molar-refractivity contribution in [1.29, 1.82) is 0 Å². The number of ether oxygens (including phenoxy) is 2. The lowest BCUT2D eigenvalue weighted by Gasteiger charge is -2.24. The number of hydrogen-bond donors (Lipinski definition) is 2. The summed E-state index contributed by atoms with van der Waals surface area (Å²) in [4.78, 5) is 26.6. The molecule has 1 aliphatic heterocycles. The molecule has 4 rings (SSSR count). The molecule has 0 bridgehead atoms. The van der Waals surface area contributed by atoms with Crippen molar-refractivity contribution < 1.29 is 18.7 Å². The van der Waals surface area contributed by atoms with E-state index >= 15 is 4.39 Å². The lowest BCUT2D eigenvalue weighted by atomic mass is 10.1. The molecule has 8 nitrogen and oxygen atoms in total. The van der Waals surface area contributed by atoms with E-state index in [-0.39, 0.29) is 23.8 Å². The first kappa shape index (κ1) is 23.2. The molecule has 2 atom stereocenters. The van der Waals surface area contributed by atoms with Gasteiger partial charge in [0.2, 0.25) is 0 Å². The zero-order valence-corrected chi connectivity index (χ0v) is 19.5. The van der Waals surface area contributed by atoms with Gasteiger partial charge >= 0.3 is 0 Å². The topological polar surface area (TPSA) is 98.3 Å². The van der Waals surface area contributed by atoms with E-state index < -0.39 is 17.8 Å². The highest BCUT2D eigenvalue weighted by Gasteiger charge is 2.23. The minimum absolute atomic E-state index is 0.113. The number of carbonyl (C=O) groups excluding carboxylic acids is 1. The van der Waals surface area contributed by atoms with E-state index in [0.29, 0.717) is 29.7 Å². The number of hydrogen-bond acceptors (Lipinski definition) is 8. The number of nitrogens with zero attached hydrogens (tertiary/aromatic N) is 3. The molecule has 174 valence electrons. The maximum atomic E-state index is 15.5. The molecule has 1 aliphatic rings. The minimum atomic E-state index is -0.642. The lowest BCUT2D eigenvalue weighted by molar-refractivity contribution is 0.000182.